The number of carbonyl (C=O) groups excluding carboxylic acids is 2. The lowest BCUT2D eigenvalue weighted by Crippen LogP contribution is -2.49. The maximum atomic E-state index is 13.6. The van der Waals surface area contributed by atoms with Crippen molar-refractivity contribution in [2.24, 2.45) is 0 Å². The van der Waals surface area contributed by atoms with Gasteiger partial charge < -0.3 is 14.2 Å². The van der Waals surface area contributed by atoms with E-state index in [0.717, 1.165) is 18.4 Å². The van der Waals surface area contributed by atoms with E-state index in [2.05, 4.69) is 42.6 Å². The molecule has 6 heteroatoms. The predicted octanol–water partition coefficient (Wildman–Crippen LogP) is 5.06. The molecule has 1 aliphatic heterocycles. The van der Waals surface area contributed by atoms with E-state index in [9.17, 15) is 9.59 Å². The molecule has 3 aromatic rings. The van der Waals surface area contributed by atoms with E-state index in [4.69, 9.17) is 4.42 Å². The van der Waals surface area contributed by atoms with Crippen LogP contribution in [0.2, 0.25) is 0 Å². The number of hydrogen-bond donors (Lipinski definition) is 0. The molecular weight excluding hydrogens is 408 g/mol. The Morgan fingerprint density at radius 1 is 1.23 bits per heavy atom. The van der Waals surface area contributed by atoms with Gasteiger partial charge in [0.1, 0.15) is 6.54 Å². The van der Waals surface area contributed by atoms with Crippen LogP contribution in [-0.4, -0.2) is 40.7 Å². The number of benzene rings is 1. The normalized spacial score (nSPS) is 16.6. The molecule has 0 N–H and O–H groups in total. The summed E-state index contributed by atoms with van der Waals surface area (Å²) in [5.74, 6) is -0.0163. The van der Waals surface area contributed by atoms with E-state index in [0.29, 0.717) is 6.54 Å². The van der Waals surface area contributed by atoms with Gasteiger partial charge in [0.15, 0.2) is 5.76 Å². The van der Waals surface area contributed by atoms with Crippen molar-refractivity contribution in [1.82, 2.24) is 9.80 Å². The molecule has 0 aliphatic carbocycles. The van der Waals surface area contributed by atoms with E-state index in [1.807, 2.05) is 18.7 Å². The fourth-order valence-electron chi connectivity index (χ4n) is 4.12. The second-order valence-corrected chi connectivity index (χ2v) is 9.12. The molecule has 1 aromatic carbocycles. The molecule has 2 aromatic heterocycles. The summed E-state index contributed by atoms with van der Waals surface area (Å²) in [6.45, 7) is 6.74. The third kappa shape index (κ3) is 4.30. The van der Waals surface area contributed by atoms with Gasteiger partial charge in [0.25, 0.3) is 5.91 Å². The third-order valence-corrected chi connectivity index (χ3v) is 7.10. The van der Waals surface area contributed by atoms with Gasteiger partial charge in [-0.2, -0.15) is 0 Å². The zero-order valence-electron chi connectivity index (χ0n) is 18.2. The van der Waals surface area contributed by atoms with Gasteiger partial charge in [0.2, 0.25) is 5.91 Å². The summed E-state index contributed by atoms with van der Waals surface area (Å²) in [6, 6.07) is 13.7. The molecule has 2 atom stereocenters. The van der Waals surface area contributed by atoms with Gasteiger partial charge in [0, 0.05) is 17.5 Å². The van der Waals surface area contributed by atoms with E-state index >= 15 is 0 Å². The molecule has 0 radical (unpaired) electrons. The molecule has 162 valence electrons. The largest absolute Gasteiger partial charge is 0.459 e. The van der Waals surface area contributed by atoms with Gasteiger partial charge in [-0.25, -0.2) is 0 Å². The van der Waals surface area contributed by atoms with Crippen LogP contribution >= 0.6 is 11.3 Å². The standard InChI is InChI=1S/C25H28N2O3S/c1-4-18(3)27(25(29)21-6-5-14-30-21)16-23(28)26-13-11-22-20(12-15-31-22)24(26)19-9-7-17(2)8-10-19/h5-10,12,14-15,18,24H,4,11,13,16H2,1-3H3. The van der Waals surface area contributed by atoms with Crippen molar-refractivity contribution in [3.8, 4) is 0 Å². The highest BCUT2D eigenvalue weighted by molar-refractivity contribution is 7.10. The Bertz CT molecular complexity index is 1040. The Kier molecular flexibility index (Phi) is 6.28. The Balaban J connectivity index is 1.63. The summed E-state index contributed by atoms with van der Waals surface area (Å²) in [5, 5.41) is 2.10. The van der Waals surface area contributed by atoms with Crippen molar-refractivity contribution in [2.45, 2.75) is 45.7 Å². The van der Waals surface area contributed by atoms with Crippen molar-refractivity contribution in [3.05, 3.63) is 81.4 Å². The number of rotatable bonds is 6. The van der Waals surface area contributed by atoms with Gasteiger partial charge in [-0.1, -0.05) is 36.8 Å². The third-order valence-electron chi connectivity index (χ3n) is 6.10. The lowest BCUT2D eigenvalue weighted by Gasteiger charge is -2.38. The summed E-state index contributed by atoms with van der Waals surface area (Å²) in [5.41, 5.74) is 3.49. The SMILES string of the molecule is CCC(C)N(CC(=O)N1CCc2sccc2C1c1ccc(C)cc1)C(=O)c1ccco1. The van der Waals surface area contributed by atoms with Crippen LogP contribution in [0.3, 0.4) is 0 Å². The molecule has 5 nitrogen and oxygen atoms in total. The highest BCUT2D eigenvalue weighted by Gasteiger charge is 2.35. The Labute approximate surface area is 187 Å². The summed E-state index contributed by atoms with van der Waals surface area (Å²) >= 11 is 1.75. The number of carbonyl (C=O) groups is 2. The summed E-state index contributed by atoms with van der Waals surface area (Å²) in [7, 11) is 0. The first-order valence-corrected chi connectivity index (χ1v) is 11.6. The minimum Gasteiger partial charge on any atom is -0.459 e. The number of thiophene rings is 1. The summed E-state index contributed by atoms with van der Waals surface area (Å²) in [4.78, 5) is 31.5. The van der Waals surface area contributed by atoms with Gasteiger partial charge in [-0.05, 0) is 61.4 Å². The van der Waals surface area contributed by atoms with Crippen LogP contribution in [-0.2, 0) is 11.2 Å². The fourth-order valence-corrected chi connectivity index (χ4v) is 5.02. The van der Waals surface area contributed by atoms with Crippen LogP contribution in [0, 0.1) is 6.92 Å². The lowest BCUT2D eigenvalue weighted by atomic mass is 9.92. The van der Waals surface area contributed by atoms with E-state index in [1.54, 1.807) is 28.4 Å². The summed E-state index contributed by atoms with van der Waals surface area (Å²) in [6.07, 6.45) is 3.09. The average Bonchev–Trinajstić information content (AvgIpc) is 3.48. The molecule has 0 bridgehead atoms. The lowest BCUT2D eigenvalue weighted by molar-refractivity contribution is -0.134. The zero-order valence-corrected chi connectivity index (χ0v) is 19.0. The fraction of sp³-hybridized carbons (Fsp3) is 0.360. The molecule has 2 amide bonds. The topological polar surface area (TPSA) is 53.8 Å². The first-order chi connectivity index (χ1) is 15.0. The molecule has 3 heterocycles. The predicted molar refractivity (Wildman–Crippen MR) is 122 cm³/mol. The maximum absolute atomic E-state index is 13.6. The van der Waals surface area contributed by atoms with Crippen molar-refractivity contribution in [2.75, 3.05) is 13.1 Å². The highest BCUT2D eigenvalue weighted by Crippen LogP contribution is 2.38. The first-order valence-electron chi connectivity index (χ1n) is 10.8. The molecule has 1 aliphatic rings. The van der Waals surface area contributed by atoms with Gasteiger partial charge in [-0.15, -0.1) is 11.3 Å². The van der Waals surface area contributed by atoms with E-state index in [-0.39, 0.29) is 36.2 Å². The van der Waals surface area contributed by atoms with E-state index < -0.39 is 0 Å². The van der Waals surface area contributed by atoms with Crippen LogP contribution in [0.15, 0.2) is 58.5 Å². The second kappa shape index (κ2) is 9.10. The Morgan fingerprint density at radius 2 is 2.00 bits per heavy atom. The van der Waals surface area contributed by atoms with Crippen molar-refractivity contribution < 1.29 is 14.0 Å². The van der Waals surface area contributed by atoms with Gasteiger partial charge in [0.05, 0.1) is 12.3 Å². The van der Waals surface area contributed by atoms with Crippen LogP contribution in [0.4, 0.5) is 0 Å². The molecule has 0 saturated heterocycles. The Morgan fingerprint density at radius 3 is 2.68 bits per heavy atom. The zero-order chi connectivity index (χ0) is 22.0. The number of fused-ring (bicyclic) bond motifs is 1. The highest BCUT2D eigenvalue weighted by atomic mass is 32.1. The van der Waals surface area contributed by atoms with Crippen molar-refractivity contribution in [1.29, 1.82) is 0 Å². The van der Waals surface area contributed by atoms with Crippen molar-refractivity contribution in [3.63, 3.8) is 0 Å². The van der Waals surface area contributed by atoms with Crippen LogP contribution in [0.25, 0.3) is 0 Å². The molecule has 4 rings (SSSR count). The minimum absolute atomic E-state index is 0.0381. The van der Waals surface area contributed by atoms with Crippen LogP contribution < -0.4 is 0 Å². The van der Waals surface area contributed by atoms with E-state index in [1.165, 1.54) is 22.3 Å². The summed E-state index contributed by atoms with van der Waals surface area (Å²) < 4.78 is 5.32. The molecular formula is C25H28N2O3S. The number of aryl methyl sites for hydroxylation is 1. The number of furan rings is 1. The Hall–Kier alpha value is -2.86. The van der Waals surface area contributed by atoms with Crippen LogP contribution in [0.1, 0.15) is 58.4 Å². The quantitative estimate of drug-likeness (QED) is 0.542. The average molecular weight is 437 g/mol. The monoisotopic (exact) mass is 436 g/mol. The molecule has 0 saturated carbocycles. The molecule has 31 heavy (non-hydrogen) atoms. The number of amides is 2. The maximum Gasteiger partial charge on any atom is 0.290 e. The van der Waals surface area contributed by atoms with Gasteiger partial charge >= 0.3 is 0 Å². The van der Waals surface area contributed by atoms with Crippen molar-refractivity contribution >= 4 is 23.2 Å². The van der Waals surface area contributed by atoms with Crippen LogP contribution in [0.5, 0.6) is 0 Å². The number of nitrogens with zero attached hydrogens (tertiary/aromatic N) is 2. The second-order valence-electron chi connectivity index (χ2n) is 8.12. The molecule has 2 unspecified atom stereocenters. The minimum atomic E-state index is -0.243. The first kappa shape index (κ1) is 21.4. The molecule has 0 spiro atoms. The molecule has 0 fully saturated rings. The number of hydrogen-bond acceptors (Lipinski definition) is 4. The smallest absolute Gasteiger partial charge is 0.290 e. The van der Waals surface area contributed by atoms with Gasteiger partial charge in [-0.3, -0.25) is 9.59 Å².